The molecule has 2 aromatic rings. The average Bonchev–Trinajstić information content (AvgIpc) is 2.56. The Hall–Kier alpha value is -2.20. The van der Waals surface area contributed by atoms with Gasteiger partial charge in [0.05, 0.1) is 6.04 Å². The average molecular weight is 297 g/mol. The molecule has 1 aromatic carbocycles. The molecule has 0 fully saturated rings. The van der Waals surface area contributed by atoms with Gasteiger partial charge in [-0.05, 0) is 24.6 Å². The number of rotatable bonds is 8. The SMILES string of the molecule is C[C@@H](NC(=O)CCNCCc1ccccn1)c1ccccc1. The lowest BCUT2D eigenvalue weighted by atomic mass is 10.1. The third kappa shape index (κ3) is 5.66. The molecule has 1 amide bonds. The number of hydrogen-bond donors (Lipinski definition) is 2. The van der Waals surface area contributed by atoms with Crippen LogP contribution in [0.3, 0.4) is 0 Å². The lowest BCUT2D eigenvalue weighted by Gasteiger charge is -2.14. The predicted molar refractivity (Wildman–Crippen MR) is 88.4 cm³/mol. The summed E-state index contributed by atoms with van der Waals surface area (Å²) < 4.78 is 0. The van der Waals surface area contributed by atoms with E-state index in [4.69, 9.17) is 0 Å². The fourth-order valence-electron chi connectivity index (χ4n) is 2.23. The van der Waals surface area contributed by atoms with Crippen molar-refractivity contribution in [3.8, 4) is 0 Å². The Balaban J connectivity index is 1.60. The van der Waals surface area contributed by atoms with Gasteiger partial charge in [-0.1, -0.05) is 36.4 Å². The number of aromatic nitrogens is 1. The molecule has 4 heteroatoms. The summed E-state index contributed by atoms with van der Waals surface area (Å²) in [7, 11) is 0. The minimum atomic E-state index is 0.0437. The largest absolute Gasteiger partial charge is 0.350 e. The molecule has 1 atom stereocenters. The molecule has 0 bridgehead atoms. The molecule has 0 unspecified atom stereocenters. The number of carbonyl (C=O) groups excluding carboxylic acids is 1. The highest BCUT2D eigenvalue weighted by atomic mass is 16.1. The van der Waals surface area contributed by atoms with Crippen molar-refractivity contribution in [2.24, 2.45) is 0 Å². The Labute approximate surface area is 132 Å². The molecule has 1 heterocycles. The zero-order valence-corrected chi connectivity index (χ0v) is 13.0. The van der Waals surface area contributed by atoms with Crippen molar-refractivity contribution < 1.29 is 4.79 Å². The van der Waals surface area contributed by atoms with E-state index in [0.29, 0.717) is 13.0 Å². The molecule has 0 spiro atoms. The van der Waals surface area contributed by atoms with Crippen LogP contribution in [0.2, 0.25) is 0 Å². The molecule has 22 heavy (non-hydrogen) atoms. The van der Waals surface area contributed by atoms with Crippen LogP contribution in [0.25, 0.3) is 0 Å². The standard InChI is InChI=1S/C18H23N3O/c1-15(16-7-3-2-4-8-16)21-18(22)11-14-19-13-10-17-9-5-6-12-20-17/h2-9,12,15,19H,10-11,13-14H2,1H3,(H,21,22)/t15-/m1/s1. The molecule has 0 aliphatic rings. The van der Waals surface area contributed by atoms with Crippen LogP contribution in [-0.4, -0.2) is 24.0 Å². The van der Waals surface area contributed by atoms with Crippen molar-refractivity contribution in [2.75, 3.05) is 13.1 Å². The fourth-order valence-corrected chi connectivity index (χ4v) is 2.23. The van der Waals surface area contributed by atoms with Crippen molar-refractivity contribution in [3.05, 3.63) is 66.0 Å². The van der Waals surface area contributed by atoms with Crippen molar-refractivity contribution >= 4 is 5.91 Å². The Morgan fingerprint density at radius 3 is 2.59 bits per heavy atom. The van der Waals surface area contributed by atoms with Crippen molar-refractivity contribution in [3.63, 3.8) is 0 Å². The van der Waals surface area contributed by atoms with Gasteiger partial charge in [0.2, 0.25) is 5.91 Å². The highest BCUT2D eigenvalue weighted by molar-refractivity contribution is 5.76. The van der Waals surface area contributed by atoms with E-state index < -0.39 is 0 Å². The first-order valence-corrected chi connectivity index (χ1v) is 7.70. The molecule has 0 aliphatic heterocycles. The summed E-state index contributed by atoms with van der Waals surface area (Å²) in [6.07, 6.45) is 3.16. The summed E-state index contributed by atoms with van der Waals surface area (Å²) in [5.41, 5.74) is 2.19. The highest BCUT2D eigenvalue weighted by Gasteiger charge is 2.08. The minimum absolute atomic E-state index is 0.0437. The monoisotopic (exact) mass is 297 g/mol. The van der Waals surface area contributed by atoms with Crippen molar-refractivity contribution in [1.82, 2.24) is 15.6 Å². The predicted octanol–water partition coefficient (Wildman–Crippen LogP) is 2.48. The molecule has 2 N–H and O–H groups in total. The fraction of sp³-hybridized carbons (Fsp3) is 0.333. The van der Waals surface area contributed by atoms with Crippen molar-refractivity contribution in [2.45, 2.75) is 25.8 Å². The van der Waals surface area contributed by atoms with Gasteiger partial charge in [-0.2, -0.15) is 0 Å². The lowest BCUT2D eigenvalue weighted by Crippen LogP contribution is -2.30. The van der Waals surface area contributed by atoms with Crippen LogP contribution >= 0.6 is 0 Å². The summed E-state index contributed by atoms with van der Waals surface area (Å²) in [5.74, 6) is 0.0710. The van der Waals surface area contributed by atoms with Crippen molar-refractivity contribution in [1.29, 1.82) is 0 Å². The van der Waals surface area contributed by atoms with Gasteiger partial charge in [0.25, 0.3) is 0 Å². The summed E-state index contributed by atoms with van der Waals surface area (Å²) in [6.45, 7) is 3.51. The van der Waals surface area contributed by atoms with Crippen LogP contribution < -0.4 is 10.6 Å². The first-order valence-electron chi connectivity index (χ1n) is 7.70. The smallest absolute Gasteiger partial charge is 0.221 e. The van der Waals surface area contributed by atoms with Crippen LogP contribution in [-0.2, 0) is 11.2 Å². The van der Waals surface area contributed by atoms with Gasteiger partial charge < -0.3 is 10.6 Å². The number of nitrogens with zero attached hydrogens (tertiary/aromatic N) is 1. The maximum Gasteiger partial charge on any atom is 0.221 e. The van der Waals surface area contributed by atoms with Gasteiger partial charge in [0.15, 0.2) is 0 Å². The molecular formula is C18H23N3O. The minimum Gasteiger partial charge on any atom is -0.350 e. The lowest BCUT2D eigenvalue weighted by molar-refractivity contribution is -0.121. The second-order valence-corrected chi connectivity index (χ2v) is 5.27. The Morgan fingerprint density at radius 2 is 1.86 bits per heavy atom. The number of pyridine rings is 1. The zero-order chi connectivity index (χ0) is 15.6. The molecular weight excluding hydrogens is 274 g/mol. The van der Waals surface area contributed by atoms with Gasteiger partial charge >= 0.3 is 0 Å². The van der Waals surface area contributed by atoms with Gasteiger partial charge in [0.1, 0.15) is 0 Å². The number of hydrogen-bond acceptors (Lipinski definition) is 3. The van der Waals surface area contributed by atoms with Crippen LogP contribution in [0.4, 0.5) is 0 Å². The van der Waals surface area contributed by atoms with E-state index in [2.05, 4.69) is 15.6 Å². The molecule has 0 radical (unpaired) electrons. The number of carbonyl (C=O) groups is 1. The maximum atomic E-state index is 11.9. The van der Waals surface area contributed by atoms with Crippen LogP contribution in [0.1, 0.15) is 30.6 Å². The molecule has 1 aromatic heterocycles. The summed E-state index contributed by atoms with van der Waals surface area (Å²) in [6, 6.07) is 15.9. The Bertz CT molecular complexity index is 557. The summed E-state index contributed by atoms with van der Waals surface area (Å²) >= 11 is 0. The molecule has 0 saturated carbocycles. The second-order valence-electron chi connectivity index (χ2n) is 5.27. The normalized spacial score (nSPS) is 11.9. The van der Waals surface area contributed by atoms with Gasteiger partial charge in [-0.3, -0.25) is 9.78 Å². The van der Waals surface area contributed by atoms with E-state index in [-0.39, 0.29) is 11.9 Å². The molecule has 4 nitrogen and oxygen atoms in total. The summed E-state index contributed by atoms with van der Waals surface area (Å²) in [4.78, 5) is 16.2. The molecule has 2 rings (SSSR count). The third-order valence-corrected chi connectivity index (χ3v) is 3.49. The molecule has 116 valence electrons. The highest BCUT2D eigenvalue weighted by Crippen LogP contribution is 2.10. The van der Waals surface area contributed by atoms with Crippen LogP contribution in [0.5, 0.6) is 0 Å². The quantitative estimate of drug-likeness (QED) is 0.736. The van der Waals surface area contributed by atoms with Crippen LogP contribution in [0.15, 0.2) is 54.7 Å². The van der Waals surface area contributed by atoms with Gasteiger partial charge in [-0.15, -0.1) is 0 Å². The molecule has 0 saturated heterocycles. The van der Waals surface area contributed by atoms with E-state index in [1.165, 1.54) is 0 Å². The van der Waals surface area contributed by atoms with Gasteiger partial charge in [-0.25, -0.2) is 0 Å². The molecule has 0 aliphatic carbocycles. The van der Waals surface area contributed by atoms with E-state index in [1.807, 2.05) is 55.5 Å². The Kier molecular flexibility index (Phi) is 6.58. The number of nitrogens with one attached hydrogen (secondary N) is 2. The first kappa shape index (κ1) is 16.2. The number of amides is 1. The topological polar surface area (TPSA) is 54.0 Å². The van der Waals surface area contributed by atoms with Gasteiger partial charge in [0, 0.05) is 37.8 Å². The number of benzene rings is 1. The second kappa shape index (κ2) is 8.95. The van der Waals surface area contributed by atoms with Crippen LogP contribution in [0, 0.1) is 0 Å². The van der Waals surface area contributed by atoms with E-state index in [9.17, 15) is 4.79 Å². The summed E-state index contributed by atoms with van der Waals surface area (Å²) in [5, 5.41) is 6.29. The van der Waals surface area contributed by atoms with E-state index >= 15 is 0 Å². The zero-order valence-electron chi connectivity index (χ0n) is 13.0. The third-order valence-electron chi connectivity index (χ3n) is 3.49. The Morgan fingerprint density at radius 1 is 1.09 bits per heavy atom. The maximum absolute atomic E-state index is 11.9. The van der Waals surface area contributed by atoms with E-state index in [1.54, 1.807) is 6.20 Å². The first-order chi connectivity index (χ1) is 10.8. The van der Waals surface area contributed by atoms with E-state index in [0.717, 1.165) is 24.2 Å².